The number of amides is 1. The Morgan fingerprint density at radius 2 is 2.18 bits per heavy atom. The van der Waals surface area contributed by atoms with Crippen LogP contribution in [0.1, 0.15) is 6.42 Å². The Hall–Kier alpha value is -2.35. The van der Waals surface area contributed by atoms with Gasteiger partial charge in [0.2, 0.25) is 5.91 Å². The molecule has 1 amide bonds. The molecule has 8 heteroatoms. The summed E-state index contributed by atoms with van der Waals surface area (Å²) < 4.78 is 41.0. The highest BCUT2D eigenvalue weighted by molar-refractivity contribution is 5.95. The highest BCUT2D eigenvalue weighted by Gasteiger charge is 2.42. The molecule has 1 atom stereocenters. The zero-order valence-electron chi connectivity index (χ0n) is 11.4. The third kappa shape index (κ3) is 2.96. The maximum absolute atomic E-state index is 13.6. The molecule has 3 rings (SSSR count). The predicted octanol–water partition coefficient (Wildman–Crippen LogP) is 1.95. The molecule has 0 bridgehead atoms. The van der Waals surface area contributed by atoms with Crippen LogP contribution in [0.15, 0.2) is 36.7 Å². The minimum absolute atomic E-state index is 0.230. The van der Waals surface area contributed by atoms with Crippen molar-refractivity contribution in [2.45, 2.75) is 18.4 Å². The molecule has 0 aliphatic carbocycles. The minimum atomic E-state index is -2.88. The molecule has 5 nitrogen and oxygen atoms in total. The van der Waals surface area contributed by atoms with Gasteiger partial charge in [-0.25, -0.2) is 17.9 Å². The number of hydrogen-bond acceptors (Lipinski definition) is 3. The molecule has 2 N–H and O–H groups in total. The van der Waals surface area contributed by atoms with Gasteiger partial charge in [-0.2, -0.15) is 5.10 Å². The van der Waals surface area contributed by atoms with Gasteiger partial charge < -0.3 is 5.32 Å². The number of nitrogens with zero attached hydrogens (tertiary/aromatic N) is 2. The molecule has 2 heterocycles. The van der Waals surface area contributed by atoms with Gasteiger partial charge in [-0.15, -0.1) is 0 Å². The zero-order valence-corrected chi connectivity index (χ0v) is 11.4. The number of nitrogens with one attached hydrogen (secondary N) is 2. The average molecular weight is 310 g/mol. The summed E-state index contributed by atoms with van der Waals surface area (Å²) in [7, 11) is 0. The summed E-state index contributed by atoms with van der Waals surface area (Å²) in [6.45, 7) is -0.514. The first kappa shape index (κ1) is 14.6. The Balaban J connectivity index is 1.70. The molecule has 1 unspecified atom stereocenters. The Kier molecular flexibility index (Phi) is 3.61. The Morgan fingerprint density at radius 3 is 2.86 bits per heavy atom. The van der Waals surface area contributed by atoms with E-state index >= 15 is 0 Å². The smallest absolute Gasteiger partial charge is 0.262 e. The van der Waals surface area contributed by atoms with E-state index in [4.69, 9.17) is 0 Å². The van der Waals surface area contributed by atoms with Crippen molar-refractivity contribution in [2.75, 3.05) is 11.9 Å². The van der Waals surface area contributed by atoms with E-state index in [1.807, 2.05) is 0 Å². The number of rotatable bonds is 3. The van der Waals surface area contributed by atoms with Gasteiger partial charge in [-0.1, -0.05) is 12.1 Å². The first-order valence-corrected chi connectivity index (χ1v) is 6.66. The van der Waals surface area contributed by atoms with Crippen molar-refractivity contribution in [1.29, 1.82) is 0 Å². The lowest BCUT2D eigenvalue weighted by Gasteiger charge is -2.09. The zero-order chi connectivity index (χ0) is 15.7. The topological polar surface area (TPSA) is 59.0 Å². The molecule has 22 heavy (non-hydrogen) atoms. The molecule has 1 aromatic carbocycles. The van der Waals surface area contributed by atoms with Crippen molar-refractivity contribution in [3.8, 4) is 5.69 Å². The fourth-order valence-electron chi connectivity index (χ4n) is 2.29. The molecule has 1 fully saturated rings. The number of benzene rings is 1. The van der Waals surface area contributed by atoms with E-state index in [1.54, 1.807) is 12.1 Å². The summed E-state index contributed by atoms with van der Waals surface area (Å²) in [5, 5.41) is 8.90. The highest BCUT2D eigenvalue weighted by atomic mass is 19.3. The van der Waals surface area contributed by atoms with Crippen LogP contribution in [0.5, 0.6) is 0 Å². The first-order valence-electron chi connectivity index (χ1n) is 6.66. The summed E-state index contributed by atoms with van der Waals surface area (Å²) in [5.41, 5.74) is 0.541. The first-order chi connectivity index (χ1) is 10.4. The van der Waals surface area contributed by atoms with Gasteiger partial charge in [-0.05, 0) is 12.1 Å². The van der Waals surface area contributed by atoms with Gasteiger partial charge in [0.15, 0.2) is 0 Å². The van der Waals surface area contributed by atoms with Crippen LogP contribution in [-0.2, 0) is 4.79 Å². The lowest BCUT2D eigenvalue weighted by molar-refractivity contribution is -0.118. The summed E-state index contributed by atoms with van der Waals surface area (Å²) in [5.74, 6) is -3.90. The van der Waals surface area contributed by atoms with Gasteiger partial charge in [-0.3, -0.25) is 10.1 Å². The molecule has 1 saturated heterocycles. The van der Waals surface area contributed by atoms with Crippen LogP contribution < -0.4 is 10.6 Å². The fourth-order valence-corrected chi connectivity index (χ4v) is 2.29. The van der Waals surface area contributed by atoms with Crippen LogP contribution >= 0.6 is 0 Å². The van der Waals surface area contributed by atoms with Gasteiger partial charge in [0.1, 0.15) is 11.5 Å². The van der Waals surface area contributed by atoms with E-state index < -0.39 is 36.7 Å². The van der Waals surface area contributed by atoms with Crippen molar-refractivity contribution in [1.82, 2.24) is 15.1 Å². The number of anilines is 1. The fraction of sp³-hybridized carbons (Fsp3) is 0.286. The maximum Gasteiger partial charge on any atom is 0.262 e. The molecule has 1 aliphatic rings. The van der Waals surface area contributed by atoms with Crippen molar-refractivity contribution < 1.29 is 18.0 Å². The van der Waals surface area contributed by atoms with Crippen LogP contribution in [-0.4, -0.2) is 34.2 Å². The van der Waals surface area contributed by atoms with Crippen molar-refractivity contribution in [3.05, 3.63) is 42.5 Å². The third-order valence-corrected chi connectivity index (χ3v) is 3.38. The normalized spacial score (nSPS) is 20.0. The van der Waals surface area contributed by atoms with E-state index in [0.717, 1.165) is 0 Å². The molecule has 0 saturated carbocycles. The van der Waals surface area contributed by atoms with Crippen molar-refractivity contribution in [2.24, 2.45) is 0 Å². The Bertz CT molecular complexity index is 701. The number of halogens is 3. The summed E-state index contributed by atoms with van der Waals surface area (Å²) in [6.07, 6.45) is 2.21. The number of carbonyl (C=O) groups excluding carboxylic acids is 1. The van der Waals surface area contributed by atoms with Crippen LogP contribution in [0, 0.1) is 5.82 Å². The highest BCUT2D eigenvalue weighted by Crippen LogP contribution is 2.25. The van der Waals surface area contributed by atoms with E-state index in [1.165, 1.54) is 29.2 Å². The summed E-state index contributed by atoms with van der Waals surface area (Å²) in [6, 6.07) is 5.08. The third-order valence-electron chi connectivity index (χ3n) is 3.38. The van der Waals surface area contributed by atoms with Crippen LogP contribution in [0.3, 0.4) is 0 Å². The maximum atomic E-state index is 13.6. The quantitative estimate of drug-likeness (QED) is 0.911. The Morgan fingerprint density at radius 1 is 1.41 bits per heavy atom. The van der Waals surface area contributed by atoms with Gasteiger partial charge >= 0.3 is 0 Å². The summed E-state index contributed by atoms with van der Waals surface area (Å²) in [4.78, 5) is 11.9. The second-order valence-corrected chi connectivity index (χ2v) is 5.11. The number of para-hydroxylation sites is 1. The largest absolute Gasteiger partial charge is 0.322 e. The van der Waals surface area contributed by atoms with E-state index in [9.17, 15) is 18.0 Å². The second-order valence-electron chi connectivity index (χ2n) is 5.11. The molecule has 0 spiro atoms. The number of hydrogen-bond donors (Lipinski definition) is 2. The number of aromatic nitrogens is 2. The minimum Gasteiger partial charge on any atom is -0.322 e. The van der Waals surface area contributed by atoms with E-state index in [-0.39, 0.29) is 5.69 Å². The average Bonchev–Trinajstić information content (AvgIpc) is 3.06. The predicted molar refractivity (Wildman–Crippen MR) is 73.5 cm³/mol. The SMILES string of the molecule is O=C(Nc1cnn(-c2ccccc2F)c1)C1CC(F)(F)CN1. The Labute approximate surface area is 124 Å². The lowest BCUT2D eigenvalue weighted by Crippen LogP contribution is -2.35. The molecular formula is C14H13F3N4O. The van der Waals surface area contributed by atoms with Crippen LogP contribution in [0.2, 0.25) is 0 Å². The molecule has 0 radical (unpaired) electrons. The van der Waals surface area contributed by atoms with E-state index in [0.29, 0.717) is 5.69 Å². The lowest BCUT2D eigenvalue weighted by atomic mass is 10.2. The standard InChI is InChI=1S/C14H13F3N4O/c15-10-3-1-2-4-12(10)21-7-9(6-19-21)20-13(22)11-5-14(16,17)8-18-11/h1-4,6-7,11,18H,5,8H2,(H,20,22). The molecule has 2 aromatic rings. The monoisotopic (exact) mass is 310 g/mol. The number of carbonyl (C=O) groups is 1. The summed E-state index contributed by atoms with van der Waals surface area (Å²) >= 11 is 0. The molecule has 116 valence electrons. The molecule has 1 aliphatic heterocycles. The van der Waals surface area contributed by atoms with Crippen LogP contribution in [0.25, 0.3) is 5.69 Å². The second kappa shape index (κ2) is 5.45. The molecule has 1 aromatic heterocycles. The van der Waals surface area contributed by atoms with Gasteiger partial charge in [0, 0.05) is 6.42 Å². The van der Waals surface area contributed by atoms with Gasteiger partial charge in [0.05, 0.1) is 30.7 Å². The van der Waals surface area contributed by atoms with Crippen molar-refractivity contribution in [3.63, 3.8) is 0 Å². The van der Waals surface area contributed by atoms with Gasteiger partial charge in [0.25, 0.3) is 5.92 Å². The molecular weight excluding hydrogens is 297 g/mol. The van der Waals surface area contributed by atoms with E-state index in [2.05, 4.69) is 15.7 Å². The number of alkyl halides is 2. The van der Waals surface area contributed by atoms with Crippen LogP contribution in [0.4, 0.5) is 18.9 Å². The van der Waals surface area contributed by atoms with Crippen molar-refractivity contribution >= 4 is 11.6 Å².